The molecular weight excluding hydrogens is 344 g/mol. The summed E-state index contributed by atoms with van der Waals surface area (Å²) in [6, 6.07) is 9.54. The molecule has 0 N–H and O–H groups in total. The predicted octanol–water partition coefficient (Wildman–Crippen LogP) is 2.40. The van der Waals surface area contributed by atoms with Gasteiger partial charge in [-0.2, -0.15) is 0 Å². The molecule has 2 amide bonds. The molecule has 0 aromatic heterocycles. The van der Waals surface area contributed by atoms with Crippen LogP contribution in [0.1, 0.15) is 44.2 Å². The van der Waals surface area contributed by atoms with Crippen molar-refractivity contribution in [2.24, 2.45) is 11.8 Å². The Balaban J connectivity index is 1.71. The summed E-state index contributed by atoms with van der Waals surface area (Å²) in [4.78, 5) is 41.0. The number of carbonyl (C=O) groups is 3. The van der Waals surface area contributed by atoms with Gasteiger partial charge in [0, 0.05) is 26.6 Å². The number of rotatable bonds is 4. The van der Waals surface area contributed by atoms with Gasteiger partial charge in [-0.3, -0.25) is 14.4 Å². The van der Waals surface area contributed by atoms with Gasteiger partial charge in [0.25, 0.3) is 0 Å². The van der Waals surface area contributed by atoms with Crippen molar-refractivity contribution in [3.05, 3.63) is 35.9 Å². The standard InChI is InChI=1S/C21H28N2O4/c1-3-27-21(26)16-11-13-23(14-12-16)20(25)17-9-10-18(24)22(2)19(17)15-7-5-4-6-8-15/h4-8,16-17,19H,3,9-14H2,1-2H3/t17-,19-/m0/s1. The third kappa shape index (κ3) is 4.15. The molecule has 146 valence electrons. The maximum Gasteiger partial charge on any atom is 0.309 e. The van der Waals surface area contributed by atoms with E-state index in [9.17, 15) is 14.4 Å². The van der Waals surface area contributed by atoms with Crippen LogP contribution in [-0.2, 0) is 19.1 Å². The highest BCUT2D eigenvalue weighted by atomic mass is 16.5. The van der Waals surface area contributed by atoms with Crippen molar-refractivity contribution < 1.29 is 19.1 Å². The largest absolute Gasteiger partial charge is 0.466 e. The number of carbonyl (C=O) groups excluding carboxylic acids is 3. The lowest BCUT2D eigenvalue weighted by molar-refractivity contribution is -0.154. The van der Waals surface area contributed by atoms with Crippen LogP contribution in [0.25, 0.3) is 0 Å². The first kappa shape index (κ1) is 19.4. The maximum atomic E-state index is 13.3. The molecule has 6 heteroatoms. The van der Waals surface area contributed by atoms with E-state index < -0.39 is 0 Å². The van der Waals surface area contributed by atoms with Gasteiger partial charge in [-0.05, 0) is 31.7 Å². The van der Waals surface area contributed by atoms with E-state index in [-0.39, 0.29) is 35.7 Å². The molecule has 2 aliphatic heterocycles. The predicted molar refractivity (Wildman–Crippen MR) is 101 cm³/mol. The summed E-state index contributed by atoms with van der Waals surface area (Å²) < 4.78 is 5.11. The van der Waals surface area contributed by atoms with E-state index in [0.717, 1.165) is 5.56 Å². The molecule has 27 heavy (non-hydrogen) atoms. The van der Waals surface area contributed by atoms with E-state index in [0.29, 0.717) is 45.4 Å². The molecule has 0 spiro atoms. The average molecular weight is 372 g/mol. The summed E-state index contributed by atoms with van der Waals surface area (Å²) in [5.41, 5.74) is 0.993. The number of hydrogen-bond donors (Lipinski definition) is 0. The van der Waals surface area contributed by atoms with Crippen molar-refractivity contribution in [2.75, 3.05) is 26.7 Å². The smallest absolute Gasteiger partial charge is 0.309 e. The van der Waals surface area contributed by atoms with Crippen LogP contribution >= 0.6 is 0 Å². The molecule has 2 heterocycles. The van der Waals surface area contributed by atoms with Gasteiger partial charge in [-0.1, -0.05) is 30.3 Å². The monoisotopic (exact) mass is 372 g/mol. The van der Waals surface area contributed by atoms with E-state index in [4.69, 9.17) is 4.74 Å². The first-order valence-electron chi connectivity index (χ1n) is 9.79. The average Bonchev–Trinajstić information content (AvgIpc) is 2.70. The molecule has 2 saturated heterocycles. The van der Waals surface area contributed by atoms with E-state index in [1.807, 2.05) is 35.2 Å². The topological polar surface area (TPSA) is 66.9 Å². The van der Waals surface area contributed by atoms with Crippen LogP contribution in [0.4, 0.5) is 0 Å². The fourth-order valence-electron chi connectivity index (χ4n) is 4.23. The van der Waals surface area contributed by atoms with E-state index >= 15 is 0 Å². The fraction of sp³-hybridized carbons (Fsp3) is 0.571. The molecule has 2 aliphatic rings. The van der Waals surface area contributed by atoms with Crippen molar-refractivity contribution in [1.82, 2.24) is 9.80 Å². The lowest BCUT2D eigenvalue weighted by Crippen LogP contribution is -2.49. The van der Waals surface area contributed by atoms with Crippen LogP contribution < -0.4 is 0 Å². The third-order valence-corrected chi connectivity index (χ3v) is 5.75. The van der Waals surface area contributed by atoms with Crippen LogP contribution in [0.3, 0.4) is 0 Å². The zero-order valence-corrected chi connectivity index (χ0v) is 16.1. The molecular formula is C21H28N2O4. The Morgan fingerprint density at radius 2 is 1.78 bits per heavy atom. The van der Waals surface area contributed by atoms with E-state index in [1.165, 1.54) is 0 Å². The Morgan fingerprint density at radius 1 is 1.11 bits per heavy atom. The van der Waals surface area contributed by atoms with Gasteiger partial charge in [0.1, 0.15) is 0 Å². The minimum Gasteiger partial charge on any atom is -0.466 e. The van der Waals surface area contributed by atoms with Crippen LogP contribution in [-0.4, -0.2) is 54.3 Å². The lowest BCUT2D eigenvalue weighted by Gasteiger charge is -2.41. The molecule has 1 aromatic carbocycles. The molecule has 2 fully saturated rings. The number of hydrogen-bond acceptors (Lipinski definition) is 4. The van der Waals surface area contributed by atoms with E-state index in [1.54, 1.807) is 18.9 Å². The summed E-state index contributed by atoms with van der Waals surface area (Å²) in [5.74, 6) is -0.349. The van der Waals surface area contributed by atoms with Gasteiger partial charge in [0.15, 0.2) is 0 Å². The molecule has 0 bridgehead atoms. The minimum absolute atomic E-state index is 0.0777. The first-order valence-corrected chi connectivity index (χ1v) is 9.79. The van der Waals surface area contributed by atoms with Gasteiger partial charge < -0.3 is 14.5 Å². The summed E-state index contributed by atoms with van der Waals surface area (Å²) in [7, 11) is 1.78. The van der Waals surface area contributed by atoms with Gasteiger partial charge in [-0.25, -0.2) is 0 Å². The summed E-state index contributed by atoms with van der Waals surface area (Å²) in [6.45, 7) is 3.33. The van der Waals surface area contributed by atoms with Crippen molar-refractivity contribution >= 4 is 17.8 Å². The maximum absolute atomic E-state index is 13.3. The highest BCUT2D eigenvalue weighted by molar-refractivity contribution is 5.85. The molecule has 2 atom stereocenters. The Labute approximate surface area is 160 Å². The first-order chi connectivity index (χ1) is 13.0. The van der Waals surface area contributed by atoms with Crippen molar-refractivity contribution in [3.63, 3.8) is 0 Å². The zero-order chi connectivity index (χ0) is 19.4. The van der Waals surface area contributed by atoms with Crippen LogP contribution in [0.2, 0.25) is 0 Å². The molecule has 1 aromatic rings. The molecule has 3 rings (SSSR count). The fourth-order valence-corrected chi connectivity index (χ4v) is 4.23. The van der Waals surface area contributed by atoms with E-state index in [2.05, 4.69) is 0 Å². The van der Waals surface area contributed by atoms with Crippen molar-refractivity contribution in [2.45, 2.75) is 38.6 Å². The number of nitrogens with zero attached hydrogens (tertiary/aromatic N) is 2. The quantitative estimate of drug-likeness (QED) is 0.761. The number of benzene rings is 1. The molecule has 0 unspecified atom stereocenters. The van der Waals surface area contributed by atoms with Crippen LogP contribution in [0.5, 0.6) is 0 Å². The number of piperidine rings is 2. The van der Waals surface area contributed by atoms with Crippen molar-refractivity contribution in [1.29, 1.82) is 0 Å². The highest BCUT2D eigenvalue weighted by Gasteiger charge is 2.41. The van der Waals surface area contributed by atoms with Gasteiger partial charge >= 0.3 is 5.97 Å². The molecule has 6 nitrogen and oxygen atoms in total. The Morgan fingerprint density at radius 3 is 2.41 bits per heavy atom. The second kappa shape index (κ2) is 8.55. The number of ether oxygens (including phenoxy) is 1. The number of likely N-dealkylation sites (tertiary alicyclic amines) is 2. The van der Waals surface area contributed by atoms with Gasteiger partial charge in [0.05, 0.1) is 24.5 Å². The van der Waals surface area contributed by atoms with Crippen molar-refractivity contribution in [3.8, 4) is 0 Å². The second-order valence-electron chi connectivity index (χ2n) is 7.36. The highest BCUT2D eigenvalue weighted by Crippen LogP contribution is 2.37. The van der Waals surface area contributed by atoms with Crippen LogP contribution in [0, 0.1) is 11.8 Å². The Bertz CT molecular complexity index is 683. The third-order valence-electron chi connectivity index (χ3n) is 5.75. The Hall–Kier alpha value is -2.37. The van der Waals surface area contributed by atoms with Gasteiger partial charge in [0.2, 0.25) is 11.8 Å². The lowest BCUT2D eigenvalue weighted by atomic mass is 9.83. The Kier molecular flexibility index (Phi) is 6.14. The summed E-state index contributed by atoms with van der Waals surface area (Å²) >= 11 is 0. The zero-order valence-electron chi connectivity index (χ0n) is 16.1. The van der Waals surface area contributed by atoms with Gasteiger partial charge in [-0.15, -0.1) is 0 Å². The molecule has 0 aliphatic carbocycles. The summed E-state index contributed by atoms with van der Waals surface area (Å²) in [5, 5.41) is 0. The number of esters is 1. The minimum atomic E-state index is -0.241. The summed E-state index contributed by atoms with van der Waals surface area (Å²) in [6.07, 6.45) is 2.25. The SMILES string of the molecule is CCOC(=O)C1CCN(C(=O)[C@H]2CCC(=O)N(C)[C@H]2c2ccccc2)CC1. The normalized spacial score (nSPS) is 24.0. The molecule has 0 saturated carbocycles. The molecule has 0 radical (unpaired) electrons. The number of amides is 2. The second-order valence-corrected chi connectivity index (χ2v) is 7.36. The van der Waals surface area contributed by atoms with Crippen LogP contribution in [0.15, 0.2) is 30.3 Å².